The normalized spacial score (nSPS) is 10.9. The van der Waals surface area contributed by atoms with Crippen molar-refractivity contribution < 1.29 is 0 Å². The smallest absolute Gasteiger partial charge is 0.0542 e. The topological polar surface area (TPSA) is 42.2 Å². The highest BCUT2D eigenvalue weighted by Gasteiger charge is 2.03. The van der Waals surface area contributed by atoms with Crippen LogP contribution in [0.3, 0.4) is 0 Å². The van der Waals surface area contributed by atoms with Gasteiger partial charge in [0.25, 0.3) is 0 Å². The van der Waals surface area contributed by atoms with Crippen LogP contribution < -0.4 is 5.73 Å². The summed E-state index contributed by atoms with van der Waals surface area (Å²) in [7, 11) is 2.09. The van der Waals surface area contributed by atoms with E-state index in [1.807, 2.05) is 24.4 Å². The molecule has 100 valence electrons. The second-order valence-corrected chi connectivity index (χ2v) is 5.09. The molecule has 0 unspecified atom stereocenters. The molecule has 1 aromatic heterocycles. The maximum absolute atomic E-state index is 5.88. The van der Waals surface area contributed by atoms with Crippen LogP contribution in [0.1, 0.15) is 16.8 Å². The van der Waals surface area contributed by atoms with E-state index in [1.165, 1.54) is 11.1 Å². The number of pyridine rings is 1. The van der Waals surface area contributed by atoms with Crippen molar-refractivity contribution in [1.29, 1.82) is 0 Å². The zero-order chi connectivity index (χ0) is 13.7. The summed E-state index contributed by atoms with van der Waals surface area (Å²) >= 11 is 5.88. The first-order valence-electron chi connectivity index (χ1n) is 6.24. The van der Waals surface area contributed by atoms with E-state index in [1.54, 1.807) is 0 Å². The van der Waals surface area contributed by atoms with Gasteiger partial charge in [-0.05, 0) is 42.4 Å². The summed E-state index contributed by atoms with van der Waals surface area (Å²) in [5.41, 5.74) is 9.01. The molecule has 0 amide bonds. The Morgan fingerprint density at radius 3 is 2.47 bits per heavy atom. The molecule has 2 rings (SSSR count). The predicted octanol–water partition coefficient (Wildman–Crippen LogP) is 2.83. The highest BCUT2D eigenvalue weighted by molar-refractivity contribution is 6.30. The second kappa shape index (κ2) is 6.66. The maximum atomic E-state index is 5.88. The number of hydrogen-bond donors (Lipinski definition) is 1. The first kappa shape index (κ1) is 14.0. The van der Waals surface area contributed by atoms with Crippen LogP contribution in [0, 0.1) is 0 Å². The summed E-state index contributed by atoms with van der Waals surface area (Å²) in [5, 5.41) is 0.771. The zero-order valence-electron chi connectivity index (χ0n) is 11.0. The van der Waals surface area contributed by atoms with Gasteiger partial charge in [0, 0.05) is 30.9 Å². The molecule has 19 heavy (non-hydrogen) atoms. The van der Waals surface area contributed by atoms with Gasteiger partial charge in [0.05, 0.1) is 5.69 Å². The molecular weight excluding hydrogens is 258 g/mol. The van der Waals surface area contributed by atoms with E-state index in [0.717, 1.165) is 23.8 Å². The van der Waals surface area contributed by atoms with E-state index in [-0.39, 0.29) is 0 Å². The summed E-state index contributed by atoms with van der Waals surface area (Å²) in [6, 6.07) is 12.0. The van der Waals surface area contributed by atoms with Gasteiger partial charge in [-0.2, -0.15) is 0 Å². The van der Waals surface area contributed by atoms with Crippen LogP contribution in [-0.2, 0) is 19.6 Å². The molecule has 0 aliphatic carbocycles. The third-order valence-corrected chi connectivity index (χ3v) is 3.16. The number of nitrogens with two attached hydrogens (primary N) is 1. The number of hydrogen-bond acceptors (Lipinski definition) is 3. The third-order valence-electron chi connectivity index (χ3n) is 2.91. The monoisotopic (exact) mass is 275 g/mol. The average molecular weight is 276 g/mol. The first-order chi connectivity index (χ1) is 9.17. The fourth-order valence-electron chi connectivity index (χ4n) is 2.01. The minimum Gasteiger partial charge on any atom is -0.325 e. The average Bonchev–Trinajstić information content (AvgIpc) is 2.41. The maximum Gasteiger partial charge on any atom is 0.0542 e. The van der Waals surface area contributed by atoms with Gasteiger partial charge in [0.1, 0.15) is 0 Å². The van der Waals surface area contributed by atoms with Crippen molar-refractivity contribution in [1.82, 2.24) is 9.88 Å². The van der Waals surface area contributed by atoms with Crippen molar-refractivity contribution in [3.63, 3.8) is 0 Å². The Hall–Kier alpha value is -1.42. The molecule has 0 aliphatic rings. The van der Waals surface area contributed by atoms with Crippen molar-refractivity contribution in [3.8, 4) is 0 Å². The Morgan fingerprint density at radius 1 is 1.11 bits per heavy atom. The summed E-state index contributed by atoms with van der Waals surface area (Å²) in [6.07, 6.45) is 1.81. The van der Waals surface area contributed by atoms with E-state index in [4.69, 9.17) is 17.3 Å². The summed E-state index contributed by atoms with van der Waals surface area (Å²) in [4.78, 5) is 6.45. The Labute approximate surface area is 119 Å². The molecule has 4 heteroatoms. The van der Waals surface area contributed by atoms with Gasteiger partial charge in [0.15, 0.2) is 0 Å². The fraction of sp³-hybridized carbons (Fsp3) is 0.267. The number of rotatable bonds is 5. The Kier molecular flexibility index (Phi) is 4.91. The van der Waals surface area contributed by atoms with E-state index in [0.29, 0.717) is 6.54 Å². The molecule has 2 N–H and O–H groups in total. The molecule has 1 aromatic carbocycles. The lowest BCUT2D eigenvalue weighted by Crippen LogP contribution is -2.17. The molecule has 3 nitrogen and oxygen atoms in total. The molecule has 0 spiro atoms. The Morgan fingerprint density at radius 2 is 1.79 bits per heavy atom. The van der Waals surface area contributed by atoms with Crippen molar-refractivity contribution >= 4 is 11.6 Å². The molecule has 2 aromatic rings. The van der Waals surface area contributed by atoms with Crippen LogP contribution in [0.25, 0.3) is 0 Å². The summed E-state index contributed by atoms with van der Waals surface area (Å²) < 4.78 is 0. The van der Waals surface area contributed by atoms with Crippen molar-refractivity contribution in [2.75, 3.05) is 7.05 Å². The van der Waals surface area contributed by atoms with Gasteiger partial charge in [-0.1, -0.05) is 23.7 Å². The SMILES string of the molecule is CN(Cc1ccc(Cl)cc1)Cc1ccnc(CN)c1. The Bertz CT molecular complexity index is 525. The van der Waals surface area contributed by atoms with Crippen molar-refractivity contribution in [3.05, 3.63) is 64.4 Å². The second-order valence-electron chi connectivity index (χ2n) is 4.66. The van der Waals surface area contributed by atoms with Gasteiger partial charge in [-0.3, -0.25) is 9.88 Å². The minimum absolute atomic E-state index is 0.481. The van der Waals surface area contributed by atoms with E-state index in [9.17, 15) is 0 Å². The molecular formula is C15H18ClN3. The number of aromatic nitrogens is 1. The number of nitrogens with zero attached hydrogens (tertiary/aromatic N) is 2. The summed E-state index contributed by atoms with van der Waals surface area (Å²) in [6.45, 7) is 2.24. The molecule has 0 aliphatic heterocycles. The molecule has 0 bridgehead atoms. The van der Waals surface area contributed by atoms with Crippen LogP contribution in [0.15, 0.2) is 42.6 Å². The molecule has 0 saturated carbocycles. The van der Waals surface area contributed by atoms with Crippen LogP contribution in [0.2, 0.25) is 5.02 Å². The lowest BCUT2D eigenvalue weighted by molar-refractivity contribution is 0.319. The van der Waals surface area contributed by atoms with E-state index < -0.39 is 0 Å². The van der Waals surface area contributed by atoms with E-state index >= 15 is 0 Å². The molecule has 0 atom stereocenters. The van der Waals surface area contributed by atoms with Gasteiger partial charge in [0.2, 0.25) is 0 Å². The number of halogens is 1. The lowest BCUT2D eigenvalue weighted by atomic mass is 10.2. The van der Waals surface area contributed by atoms with Crippen molar-refractivity contribution in [2.24, 2.45) is 5.73 Å². The Balaban J connectivity index is 1.96. The summed E-state index contributed by atoms with van der Waals surface area (Å²) in [5.74, 6) is 0. The van der Waals surface area contributed by atoms with Crippen LogP contribution >= 0.6 is 11.6 Å². The zero-order valence-corrected chi connectivity index (χ0v) is 11.8. The lowest BCUT2D eigenvalue weighted by Gasteiger charge is -2.17. The predicted molar refractivity (Wildman–Crippen MR) is 78.8 cm³/mol. The minimum atomic E-state index is 0.481. The molecule has 0 radical (unpaired) electrons. The largest absolute Gasteiger partial charge is 0.325 e. The third kappa shape index (κ3) is 4.31. The quantitative estimate of drug-likeness (QED) is 0.912. The highest BCUT2D eigenvalue weighted by atomic mass is 35.5. The fourth-order valence-corrected chi connectivity index (χ4v) is 2.13. The number of benzene rings is 1. The van der Waals surface area contributed by atoms with Gasteiger partial charge in [-0.15, -0.1) is 0 Å². The van der Waals surface area contributed by atoms with Gasteiger partial charge in [-0.25, -0.2) is 0 Å². The first-order valence-corrected chi connectivity index (χ1v) is 6.62. The van der Waals surface area contributed by atoms with Crippen LogP contribution in [-0.4, -0.2) is 16.9 Å². The molecule has 0 saturated heterocycles. The van der Waals surface area contributed by atoms with E-state index in [2.05, 4.69) is 35.1 Å². The van der Waals surface area contributed by atoms with Gasteiger partial charge >= 0.3 is 0 Å². The highest BCUT2D eigenvalue weighted by Crippen LogP contribution is 2.12. The van der Waals surface area contributed by atoms with Crippen molar-refractivity contribution in [2.45, 2.75) is 19.6 Å². The van der Waals surface area contributed by atoms with Crippen LogP contribution in [0.4, 0.5) is 0 Å². The van der Waals surface area contributed by atoms with Crippen LogP contribution in [0.5, 0.6) is 0 Å². The standard InChI is InChI=1S/C15H18ClN3/c1-19(10-12-2-4-14(16)5-3-12)11-13-6-7-18-15(8-13)9-17/h2-8H,9-11,17H2,1H3. The molecule has 0 fully saturated rings. The van der Waals surface area contributed by atoms with Gasteiger partial charge < -0.3 is 5.73 Å². The molecule has 1 heterocycles.